The van der Waals surface area contributed by atoms with Gasteiger partial charge < -0.3 is 15.0 Å². The van der Waals surface area contributed by atoms with Crippen molar-refractivity contribution in [2.75, 3.05) is 6.61 Å². The van der Waals surface area contributed by atoms with Crippen LogP contribution in [0.25, 0.3) is 0 Å². The average Bonchev–Trinajstić information content (AvgIpc) is 2.98. The maximum atomic E-state index is 6.09. The molecule has 0 bridgehead atoms. The highest BCUT2D eigenvalue weighted by Crippen LogP contribution is 2.38. The van der Waals surface area contributed by atoms with Crippen molar-refractivity contribution in [1.29, 1.82) is 0 Å². The fourth-order valence-corrected chi connectivity index (χ4v) is 2.30. The summed E-state index contributed by atoms with van der Waals surface area (Å²) in [7, 11) is 0. The number of hydrogen-bond acceptors (Lipinski definition) is 3. The topological polar surface area (TPSA) is 53.1 Å². The van der Waals surface area contributed by atoms with Crippen molar-refractivity contribution in [2.24, 2.45) is 5.73 Å². The lowest BCUT2D eigenvalue weighted by atomic mass is 10.0. The number of imidazole rings is 1. The third-order valence-electron chi connectivity index (χ3n) is 3.30. The summed E-state index contributed by atoms with van der Waals surface area (Å²) in [6.45, 7) is 0.828. The zero-order valence-electron chi connectivity index (χ0n) is 8.80. The van der Waals surface area contributed by atoms with E-state index in [-0.39, 0.29) is 12.1 Å². The van der Waals surface area contributed by atoms with Gasteiger partial charge in [-0.25, -0.2) is 4.98 Å². The van der Waals surface area contributed by atoms with Crippen LogP contribution in [0.4, 0.5) is 0 Å². The smallest absolute Gasteiger partial charge is 0.114 e. The molecule has 4 heteroatoms. The Morgan fingerprint density at radius 2 is 2.27 bits per heavy atom. The van der Waals surface area contributed by atoms with Crippen LogP contribution >= 0.6 is 0 Å². The summed E-state index contributed by atoms with van der Waals surface area (Å²) >= 11 is 0. The first kappa shape index (κ1) is 9.36. The van der Waals surface area contributed by atoms with Crippen LogP contribution in [0, 0.1) is 0 Å². The van der Waals surface area contributed by atoms with Crippen molar-refractivity contribution in [2.45, 2.75) is 43.9 Å². The first-order chi connectivity index (χ1) is 7.36. The summed E-state index contributed by atoms with van der Waals surface area (Å²) in [6, 6.07) is 0.785. The molecular formula is C11H17N3O. The van der Waals surface area contributed by atoms with E-state index in [2.05, 4.69) is 9.55 Å². The van der Waals surface area contributed by atoms with Crippen LogP contribution < -0.4 is 5.73 Å². The van der Waals surface area contributed by atoms with E-state index in [4.69, 9.17) is 10.5 Å². The Morgan fingerprint density at radius 3 is 3.00 bits per heavy atom. The van der Waals surface area contributed by atoms with Gasteiger partial charge in [-0.05, 0) is 25.7 Å². The molecule has 82 valence electrons. The Morgan fingerprint density at radius 1 is 1.40 bits per heavy atom. The molecule has 0 radical (unpaired) electrons. The minimum atomic E-state index is 0.0573. The van der Waals surface area contributed by atoms with Gasteiger partial charge in [0.2, 0.25) is 0 Å². The zero-order chi connectivity index (χ0) is 10.3. The lowest BCUT2D eigenvalue weighted by Crippen LogP contribution is -2.35. The molecule has 2 heterocycles. The van der Waals surface area contributed by atoms with Crippen molar-refractivity contribution in [1.82, 2.24) is 9.55 Å². The molecule has 2 unspecified atom stereocenters. The summed E-state index contributed by atoms with van der Waals surface area (Å²) in [5.74, 6) is 0. The predicted octanol–water partition coefficient (Wildman–Crippen LogP) is 1.40. The molecule has 2 N–H and O–H groups in total. The Hall–Kier alpha value is -0.870. The van der Waals surface area contributed by atoms with E-state index in [1.54, 1.807) is 0 Å². The van der Waals surface area contributed by atoms with E-state index in [1.165, 1.54) is 18.5 Å². The van der Waals surface area contributed by atoms with Crippen molar-refractivity contribution in [3.05, 3.63) is 18.2 Å². The number of nitrogens with two attached hydrogens (primary N) is 1. The highest BCUT2D eigenvalue weighted by atomic mass is 16.5. The van der Waals surface area contributed by atoms with E-state index in [1.807, 2.05) is 12.5 Å². The van der Waals surface area contributed by atoms with Gasteiger partial charge in [-0.2, -0.15) is 0 Å². The Bertz CT molecular complexity index is 345. The summed E-state index contributed by atoms with van der Waals surface area (Å²) in [6.07, 6.45) is 8.56. The maximum Gasteiger partial charge on any atom is 0.114 e. The van der Waals surface area contributed by atoms with Gasteiger partial charge in [0.05, 0.1) is 18.2 Å². The quantitative estimate of drug-likeness (QED) is 0.797. The van der Waals surface area contributed by atoms with Crippen molar-refractivity contribution in [3.8, 4) is 0 Å². The van der Waals surface area contributed by atoms with E-state index >= 15 is 0 Å². The van der Waals surface area contributed by atoms with Crippen molar-refractivity contribution in [3.63, 3.8) is 0 Å². The van der Waals surface area contributed by atoms with Crippen LogP contribution in [0.2, 0.25) is 0 Å². The molecule has 2 aliphatic rings. The molecule has 1 aliphatic carbocycles. The lowest BCUT2D eigenvalue weighted by molar-refractivity contribution is -0.00455. The third-order valence-corrected chi connectivity index (χ3v) is 3.30. The molecule has 1 aliphatic heterocycles. The molecule has 4 nitrogen and oxygen atoms in total. The number of nitrogens with zero attached hydrogens (tertiary/aromatic N) is 2. The van der Waals surface area contributed by atoms with Gasteiger partial charge in [-0.1, -0.05) is 0 Å². The lowest BCUT2D eigenvalue weighted by Gasteiger charge is -2.29. The molecule has 2 atom stereocenters. The monoisotopic (exact) mass is 207 g/mol. The van der Waals surface area contributed by atoms with Gasteiger partial charge >= 0.3 is 0 Å². The van der Waals surface area contributed by atoms with Crippen LogP contribution in [0.5, 0.6) is 0 Å². The molecular weight excluding hydrogens is 190 g/mol. The Labute approximate surface area is 89.4 Å². The number of rotatable bonds is 2. The molecule has 2 fully saturated rings. The second-order valence-electron chi connectivity index (χ2n) is 4.55. The number of hydrogen-bond donors (Lipinski definition) is 1. The summed E-state index contributed by atoms with van der Waals surface area (Å²) in [5, 5.41) is 0. The van der Waals surface area contributed by atoms with Gasteiger partial charge in [0.1, 0.15) is 6.10 Å². The van der Waals surface area contributed by atoms with Crippen LogP contribution in [-0.2, 0) is 4.74 Å². The van der Waals surface area contributed by atoms with Gasteiger partial charge in [0.25, 0.3) is 0 Å². The fourth-order valence-electron chi connectivity index (χ4n) is 2.30. The molecule has 1 saturated heterocycles. The standard InChI is InChI=1S/C11H17N3O/c12-9-2-1-5-15-11(9)10-6-13-7-14(10)8-3-4-8/h6-9,11H,1-5,12H2. The summed E-state index contributed by atoms with van der Waals surface area (Å²) in [4.78, 5) is 4.22. The van der Waals surface area contributed by atoms with Gasteiger partial charge in [-0.3, -0.25) is 0 Å². The number of aromatic nitrogens is 2. The van der Waals surface area contributed by atoms with E-state index in [9.17, 15) is 0 Å². The molecule has 1 aromatic rings. The molecule has 0 aromatic carbocycles. The van der Waals surface area contributed by atoms with Crippen molar-refractivity contribution < 1.29 is 4.74 Å². The normalized spacial score (nSPS) is 31.8. The van der Waals surface area contributed by atoms with E-state index < -0.39 is 0 Å². The van der Waals surface area contributed by atoms with Crippen LogP contribution in [-0.4, -0.2) is 22.2 Å². The second-order valence-corrected chi connectivity index (χ2v) is 4.55. The summed E-state index contributed by atoms with van der Waals surface area (Å²) in [5.41, 5.74) is 7.26. The molecule has 1 saturated carbocycles. The second kappa shape index (κ2) is 3.61. The van der Waals surface area contributed by atoms with Gasteiger partial charge in [0, 0.05) is 18.7 Å². The molecule has 15 heavy (non-hydrogen) atoms. The van der Waals surface area contributed by atoms with Crippen LogP contribution in [0.15, 0.2) is 12.5 Å². The molecule has 0 amide bonds. The van der Waals surface area contributed by atoms with Gasteiger partial charge in [0.15, 0.2) is 0 Å². The van der Waals surface area contributed by atoms with E-state index in [0.717, 1.165) is 19.4 Å². The fraction of sp³-hybridized carbons (Fsp3) is 0.727. The Balaban J connectivity index is 1.86. The van der Waals surface area contributed by atoms with Crippen molar-refractivity contribution >= 4 is 0 Å². The van der Waals surface area contributed by atoms with E-state index in [0.29, 0.717) is 6.04 Å². The highest BCUT2D eigenvalue weighted by molar-refractivity contribution is 5.10. The van der Waals surface area contributed by atoms with Crippen LogP contribution in [0.3, 0.4) is 0 Å². The summed E-state index contributed by atoms with van der Waals surface area (Å²) < 4.78 is 8.01. The molecule has 1 aromatic heterocycles. The minimum Gasteiger partial charge on any atom is -0.370 e. The Kier molecular flexibility index (Phi) is 2.25. The number of ether oxygens (including phenoxy) is 1. The largest absolute Gasteiger partial charge is 0.370 e. The SMILES string of the molecule is NC1CCCOC1c1cncn1C1CC1. The molecule has 0 spiro atoms. The first-order valence-corrected chi connectivity index (χ1v) is 5.75. The first-order valence-electron chi connectivity index (χ1n) is 5.75. The molecule has 3 rings (SSSR count). The van der Waals surface area contributed by atoms with Crippen LogP contribution in [0.1, 0.15) is 43.5 Å². The maximum absolute atomic E-state index is 6.09. The minimum absolute atomic E-state index is 0.0573. The third kappa shape index (κ3) is 1.68. The highest BCUT2D eigenvalue weighted by Gasteiger charge is 2.32. The predicted molar refractivity (Wildman–Crippen MR) is 56.4 cm³/mol. The zero-order valence-corrected chi connectivity index (χ0v) is 8.80. The van der Waals surface area contributed by atoms with Gasteiger partial charge in [-0.15, -0.1) is 0 Å². The average molecular weight is 207 g/mol.